The zero-order valence-electron chi connectivity index (χ0n) is 18.4. The number of hydrogen-bond acceptors (Lipinski definition) is 4. The predicted octanol–water partition coefficient (Wildman–Crippen LogP) is 6.30. The first-order valence-electron chi connectivity index (χ1n) is 10.3. The fourth-order valence-electron chi connectivity index (χ4n) is 3.23. The highest BCUT2D eigenvalue weighted by Gasteiger charge is 2.09. The van der Waals surface area contributed by atoms with E-state index in [0.717, 1.165) is 22.6 Å². The number of rotatable bonds is 9. The lowest BCUT2D eigenvalue weighted by Gasteiger charge is -2.12. The van der Waals surface area contributed by atoms with Crippen LogP contribution >= 0.6 is 0 Å². The van der Waals surface area contributed by atoms with Crippen LogP contribution in [-0.4, -0.2) is 20.0 Å². The number of allylic oxidation sites excluding steroid dienone is 1. The topological polar surface area (TPSA) is 44.8 Å². The number of ether oxygens (including phenoxy) is 3. The standard InChI is InChI=1S/C27H28O4/c1-19(2)21-11-13-23(14-12-21)31-18-22-17-20(10-16-26(22)29-3)9-15-25(28)24-7-5-6-8-27(24)30-4/h5-17,19H,18H2,1-4H3/b15-9+. The summed E-state index contributed by atoms with van der Waals surface area (Å²) in [6, 6.07) is 21.1. The molecule has 0 aliphatic carbocycles. The molecule has 3 aromatic rings. The molecule has 0 saturated carbocycles. The van der Waals surface area contributed by atoms with E-state index in [2.05, 4.69) is 26.0 Å². The molecule has 0 N–H and O–H groups in total. The van der Waals surface area contributed by atoms with Gasteiger partial charge in [0.15, 0.2) is 5.78 Å². The summed E-state index contributed by atoms with van der Waals surface area (Å²) in [6.45, 7) is 4.70. The molecule has 3 aromatic carbocycles. The summed E-state index contributed by atoms with van der Waals surface area (Å²) in [5, 5.41) is 0. The van der Waals surface area contributed by atoms with Crippen molar-refractivity contribution in [1.29, 1.82) is 0 Å². The van der Waals surface area contributed by atoms with Crippen molar-refractivity contribution in [3.05, 3.63) is 95.1 Å². The maximum Gasteiger partial charge on any atom is 0.189 e. The lowest BCUT2D eigenvalue weighted by atomic mass is 10.0. The molecule has 160 valence electrons. The Morgan fingerprint density at radius 2 is 1.61 bits per heavy atom. The average molecular weight is 417 g/mol. The SMILES string of the molecule is COc1ccc(/C=C/C(=O)c2ccccc2OC)cc1COc1ccc(C(C)C)cc1. The molecule has 0 bridgehead atoms. The lowest BCUT2D eigenvalue weighted by molar-refractivity contribution is 0.104. The van der Waals surface area contributed by atoms with E-state index < -0.39 is 0 Å². The molecule has 0 aliphatic rings. The van der Waals surface area contributed by atoms with E-state index >= 15 is 0 Å². The van der Waals surface area contributed by atoms with Gasteiger partial charge in [-0.05, 0) is 59.5 Å². The van der Waals surface area contributed by atoms with Gasteiger partial charge >= 0.3 is 0 Å². The van der Waals surface area contributed by atoms with Gasteiger partial charge in [0.25, 0.3) is 0 Å². The number of ketones is 1. The molecule has 4 nitrogen and oxygen atoms in total. The van der Waals surface area contributed by atoms with Crippen molar-refractivity contribution in [2.24, 2.45) is 0 Å². The third-order valence-corrected chi connectivity index (χ3v) is 5.05. The van der Waals surface area contributed by atoms with Crippen molar-refractivity contribution in [3.8, 4) is 17.2 Å². The first-order chi connectivity index (χ1) is 15.0. The van der Waals surface area contributed by atoms with Gasteiger partial charge in [0.2, 0.25) is 0 Å². The van der Waals surface area contributed by atoms with Crippen LogP contribution in [0.5, 0.6) is 17.2 Å². The highest BCUT2D eigenvalue weighted by molar-refractivity contribution is 6.08. The summed E-state index contributed by atoms with van der Waals surface area (Å²) in [5.41, 5.74) is 3.60. The Hall–Kier alpha value is -3.53. The van der Waals surface area contributed by atoms with Crippen molar-refractivity contribution in [2.45, 2.75) is 26.4 Å². The van der Waals surface area contributed by atoms with Gasteiger partial charge in [-0.25, -0.2) is 0 Å². The van der Waals surface area contributed by atoms with Crippen molar-refractivity contribution in [1.82, 2.24) is 0 Å². The zero-order valence-corrected chi connectivity index (χ0v) is 18.4. The summed E-state index contributed by atoms with van der Waals surface area (Å²) in [4.78, 5) is 12.6. The number of hydrogen-bond donors (Lipinski definition) is 0. The molecule has 0 aromatic heterocycles. The number of benzene rings is 3. The molecule has 0 heterocycles. The molecule has 0 fully saturated rings. The Balaban J connectivity index is 1.74. The summed E-state index contributed by atoms with van der Waals surface area (Å²) < 4.78 is 16.7. The Morgan fingerprint density at radius 1 is 0.903 bits per heavy atom. The van der Waals surface area contributed by atoms with Crippen molar-refractivity contribution in [2.75, 3.05) is 14.2 Å². The molecule has 4 heteroatoms. The predicted molar refractivity (Wildman–Crippen MR) is 124 cm³/mol. The van der Waals surface area contributed by atoms with Gasteiger partial charge in [-0.3, -0.25) is 4.79 Å². The highest BCUT2D eigenvalue weighted by atomic mass is 16.5. The lowest BCUT2D eigenvalue weighted by Crippen LogP contribution is -2.00. The second kappa shape index (κ2) is 10.5. The van der Waals surface area contributed by atoms with E-state index in [-0.39, 0.29) is 5.78 Å². The van der Waals surface area contributed by atoms with Crippen LogP contribution in [0.3, 0.4) is 0 Å². The van der Waals surface area contributed by atoms with E-state index in [1.165, 1.54) is 5.56 Å². The van der Waals surface area contributed by atoms with Crippen LogP contribution in [0.15, 0.2) is 72.8 Å². The Bertz CT molecular complexity index is 1050. The molecule has 0 aliphatic heterocycles. The van der Waals surface area contributed by atoms with Crippen LogP contribution in [0.1, 0.15) is 46.8 Å². The van der Waals surface area contributed by atoms with Gasteiger partial charge in [-0.2, -0.15) is 0 Å². The maximum absolute atomic E-state index is 12.6. The van der Waals surface area contributed by atoms with E-state index in [1.54, 1.807) is 38.5 Å². The number of carbonyl (C=O) groups excluding carboxylic acids is 1. The molecule has 0 atom stereocenters. The normalized spacial score (nSPS) is 11.0. The Morgan fingerprint density at radius 3 is 2.29 bits per heavy atom. The second-order valence-corrected chi connectivity index (χ2v) is 7.48. The van der Waals surface area contributed by atoms with Gasteiger partial charge in [-0.15, -0.1) is 0 Å². The quantitative estimate of drug-likeness (QED) is 0.303. The zero-order chi connectivity index (χ0) is 22.2. The summed E-state index contributed by atoms with van der Waals surface area (Å²) in [7, 11) is 3.19. The first-order valence-corrected chi connectivity index (χ1v) is 10.3. The molecular weight excluding hydrogens is 388 g/mol. The second-order valence-electron chi connectivity index (χ2n) is 7.48. The summed E-state index contributed by atoms with van der Waals surface area (Å²) in [5.74, 6) is 2.47. The third-order valence-electron chi connectivity index (χ3n) is 5.05. The fraction of sp³-hybridized carbons (Fsp3) is 0.222. The van der Waals surface area contributed by atoms with Gasteiger partial charge in [0.1, 0.15) is 23.9 Å². The van der Waals surface area contributed by atoms with Crippen molar-refractivity contribution < 1.29 is 19.0 Å². The minimum atomic E-state index is -0.115. The van der Waals surface area contributed by atoms with E-state index in [1.807, 2.05) is 42.5 Å². The Kier molecular flexibility index (Phi) is 7.50. The monoisotopic (exact) mass is 416 g/mol. The maximum atomic E-state index is 12.6. The van der Waals surface area contributed by atoms with Crippen molar-refractivity contribution >= 4 is 11.9 Å². The third kappa shape index (κ3) is 5.76. The molecule has 0 saturated heterocycles. The van der Waals surface area contributed by atoms with Gasteiger partial charge in [0.05, 0.1) is 19.8 Å². The number of para-hydroxylation sites is 1. The molecule has 0 radical (unpaired) electrons. The molecule has 0 unspecified atom stereocenters. The van der Waals surface area contributed by atoms with Crippen LogP contribution in [0.2, 0.25) is 0 Å². The Labute approximate surface area is 184 Å². The van der Waals surface area contributed by atoms with Crippen molar-refractivity contribution in [3.63, 3.8) is 0 Å². The first kappa shape index (κ1) is 22.2. The van der Waals surface area contributed by atoms with E-state index in [4.69, 9.17) is 14.2 Å². The minimum absolute atomic E-state index is 0.115. The number of methoxy groups -OCH3 is 2. The average Bonchev–Trinajstić information content (AvgIpc) is 2.81. The van der Waals surface area contributed by atoms with Crippen LogP contribution in [-0.2, 0) is 6.61 Å². The van der Waals surface area contributed by atoms with Crippen LogP contribution in [0.4, 0.5) is 0 Å². The number of carbonyl (C=O) groups is 1. The fourth-order valence-corrected chi connectivity index (χ4v) is 3.23. The van der Waals surface area contributed by atoms with E-state index in [9.17, 15) is 4.79 Å². The van der Waals surface area contributed by atoms with Gasteiger partial charge in [-0.1, -0.05) is 50.3 Å². The van der Waals surface area contributed by atoms with Crippen LogP contribution < -0.4 is 14.2 Å². The molecule has 0 spiro atoms. The minimum Gasteiger partial charge on any atom is -0.496 e. The molecule has 0 amide bonds. The molecule has 31 heavy (non-hydrogen) atoms. The van der Waals surface area contributed by atoms with E-state index in [0.29, 0.717) is 23.8 Å². The van der Waals surface area contributed by atoms with Gasteiger partial charge < -0.3 is 14.2 Å². The summed E-state index contributed by atoms with van der Waals surface area (Å²) >= 11 is 0. The molecule has 3 rings (SSSR count). The smallest absolute Gasteiger partial charge is 0.189 e. The highest BCUT2D eigenvalue weighted by Crippen LogP contribution is 2.25. The van der Waals surface area contributed by atoms with Crippen LogP contribution in [0.25, 0.3) is 6.08 Å². The van der Waals surface area contributed by atoms with Crippen LogP contribution in [0, 0.1) is 0 Å². The molecular formula is C27H28O4. The van der Waals surface area contributed by atoms with Gasteiger partial charge in [0, 0.05) is 5.56 Å². The largest absolute Gasteiger partial charge is 0.496 e. The summed E-state index contributed by atoms with van der Waals surface area (Å²) in [6.07, 6.45) is 3.34.